The highest BCUT2D eigenvalue weighted by Gasteiger charge is 2.44. The summed E-state index contributed by atoms with van der Waals surface area (Å²) in [5.41, 5.74) is 0. The third-order valence-electron chi connectivity index (χ3n) is 14.3. The molecule has 1 heterocycles. The molecule has 1 aliphatic rings. The average Bonchev–Trinajstić information content (AvgIpc) is 3.38. The molecule has 1 aliphatic heterocycles. The fourth-order valence-electron chi connectivity index (χ4n) is 9.55. The minimum Gasteiger partial charge on any atom is -0.457 e. The average molecular weight is 1020 g/mol. The van der Waals surface area contributed by atoms with Gasteiger partial charge in [-0.2, -0.15) is 0 Å². The quantitative estimate of drug-likeness (QED) is 0.0267. The summed E-state index contributed by atoms with van der Waals surface area (Å²) in [5.74, 6) is -0.307. The van der Waals surface area contributed by atoms with Gasteiger partial charge in [-0.1, -0.05) is 274 Å². The van der Waals surface area contributed by atoms with Crippen molar-refractivity contribution < 1.29 is 44.2 Å². The predicted octanol–water partition coefficient (Wildman–Crippen LogP) is 16.4. The number of allylic oxidation sites excluding steroid dienone is 8. The molecule has 1 rings (SSSR count). The molecule has 0 amide bonds. The van der Waals surface area contributed by atoms with Gasteiger partial charge in [-0.3, -0.25) is 4.79 Å². The van der Waals surface area contributed by atoms with Gasteiger partial charge < -0.3 is 39.4 Å². The van der Waals surface area contributed by atoms with Crippen molar-refractivity contribution in [2.45, 2.75) is 320 Å². The molecule has 0 saturated carbocycles. The Morgan fingerprint density at radius 2 is 0.847 bits per heavy atom. The van der Waals surface area contributed by atoms with Crippen molar-refractivity contribution in [1.82, 2.24) is 0 Å². The zero-order chi connectivity index (χ0) is 52.1. The first-order valence-corrected chi connectivity index (χ1v) is 30.7. The molecule has 9 heteroatoms. The van der Waals surface area contributed by atoms with Crippen molar-refractivity contribution in [3.05, 3.63) is 48.6 Å². The zero-order valence-electron chi connectivity index (χ0n) is 46.9. The minimum atomic E-state index is -1.54. The molecule has 72 heavy (non-hydrogen) atoms. The molecule has 4 N–H and O–H groups in total. The third kappa shape index (κ3) is 43.4. The van der Waals surface area contributed by atoms with Gasteiger partial charge in [0.05, 0.1) is 19.8 Å². The summed E-state index contributed by atoms with van der Waals surface area (Å²) in [7, 11) is 0. The predicted molar refractivity (Wildman–Crippen MR) is 302 cm³/mol. The molecule has 1 fully saturated rings. The molecule has 0 aromatic carbocycles. The van der Waals surface area contributed by atoms with Gasteiger partial charge in [0.25, 0.3) is 0 Å². The number of esters is 1. The van der Waals surface area contributed by atoms with E-state index in [0.29, 0.717) is 13.0 Å². The van der Waals surface area contributed by atoms with Gasteiger partial charge >= 0.3 is 5.97 Å². The van der Waals surface area contributed by atoms with Crippen molar-refractivity contribution in [1.29, 1.82) is 0 Å². The Hall–Kier alpha value is -1.85. The molecule has 0 aliphatic carbocycles. The maximum absolute atomic E-state index is 12.9. The number of hydrogen-bond acceptors (Lipinski definition) is 9. The van der Waals surface area contributed by atoms with Gasteiger partial charge in [0.1, 0.15) is 30.5 Å². The fourth-order valence-corrected chi connectivity index (χ4v) is 9.55. The summed E-state index contributed by atoms with van der Waals surface area (Å²) in [5, 5.41) is 40.4. The highest BCUT2D eigenvalue weighted by Crippen LogP contribution is 2.23. The molecule has 0 bridgehead atoms. The monoisotopic (exact) mass is 1020 g/mol. The summed E-state index contributed by atoms with van der Waals surface area (Å²) >= 11 is 0. The standard InChI is InChI=1S/C63H116O9/c1-3-5-7-9-11-13-15-17-19-21-23-25-27-28-29-31-33-35-37-39-41-43-45-47-49-51-53-69-55-57(56-70-63-62(68)61(67)60(66)58(54-64)72-63)71-59(65)52-50-48-46-44-42-40-38-36-34-32-30-26-24-22-20-18-16-14-12-10-8-6-4-2/h5,7,11,13,17,19,23,25,57-58,60-64,66-68H,3-4,6,8-10,12,14-16,18,20-22,24,26-56H2,1-2H3/b7-5-,13-11-,19-17-,25-23-. The van der Waals surface area contributed by atoms with Crippen LogP contribution < -0.4 is 0 Å². The summed E-state index contributed by atoms with van der Waals surface area (Å²) in [4.78, 5) is 12.9. The van der Waals surface area contributed by atoms with Gasteiger partial charge in [0.15, 0.2) is 6.29 Å². The maximum Gasteiger partial charge on any atom is 0.306 e. The number of carbonyl (C=O) groups is 1. The van der Waals surface area contributed by atoms with E-state index in [1.807, 2.05) is 0 Å². The van der Waals surface area contributed by atoms with Crippen LogP contribution in [0, 0.1) is 0 Å². The summed E-state index contributed by atoms with van der Waals surface area (Å²) in [6, 6.07) is 0. The van der Waals surface area contributed by atoms with Crippen molar-refractivity contribution in [3.8, 4) is 0 Å². The van der Waals surface area contributed by atoms with Crippen molar-refractivity contribution >= 4 is 5.97 Å². The largest absolute Gasteiger partial charge is 0.457 e. The Morgan fingerprint density at radius 3 is 1.28 bits per heavy atom. The molecule has 9 nitrogen and oxygen atoms in total. The summed E-state index contributed by atoms with van der Waals surface area (Å²) in [6.45, 7) is 4.50. The van der Waals surface area contributed by atoms with Crippen LogP contribution in [-0.2, 0) is 23.7 Å². The lowest BCUT2D eigenvalue weighted by atomic mass is 9.99. The third-order valence-corrected chi connectivity index (χ3v) is 14.3. The molecule has 0 spiro atoms. The SMILES string of the molecule is CC/C=C\C/C=C\C/C=C\C/C=C\CCCCCCCCCCCCCCCOCC(COC1OC(CO)C(O)C(O)C1O)OC(=O)CCCCCCCCCCCCCCCCCCCCCCCCC. The van der Waals surface area contributed by atoms with E-state index in [1.165, 1.54) is 205 Å². The zero-order valence-corrected chi connectivity index (χ0v) is 46.9. The van der Waals surface area contributed by atoms with Gasteiger partial charge in [-0.15, -0.1) is 0 Å². The second-order valence-corrected chi connectivity index (χ2v) is 21.1. The molecule has 0 aromatic rings. The Morgan fingerprint density at radius 1 is 0.458 bits per heavy atom. The second kappa shape index (κ2) is 54.0. The molecule has 6 unspecified atom stereocenters. The molecule has 0 aromatic heterocycles. The Bertz CT molecular complexity index is 1250. The highest BCUT2D eigenvalue weighted by molar-refractivity contribution is 5.69. The molecular weight excluding hydrogens is 901 g/mol. The van der Waals surface area contributed by atoms with Crippen LogP contribution in [0.25, 0.3) is 0 Å². The smallest absolute Gasteiger partial charge is 0.306 e. The van der Waals surface area contributed by atoms with E-state index < -0.39 is 43.4 Å². The maximum atomic E-state index is 12.9. The van der Waals surface area contributed by atoms with Gasteiger partial charge in [-0.25, -0.2) is 0 Å². The first kappa shape index (κ1) is 68.2. The highest BCUT2D eigenvalue weighted by atomic mass is 16.7. The van der Waals surface area contributed by atoms with Crippen LogP contribution in [0.5, 0.6) is 0 Å². The normalized spacial score (nSPS) is 19.0. The van der Waals surface area contributed by atoms with E-state index >= 15 is 0 Å². The number of unbranched alkanes of at least 4 members (excludes halogenated alkanes) is 35. The summed E-state index contributed by atoms with van der Waals surface area (Å²) < 4.78 is 23.0. The number of ether oxygens (including phenoxy) is 4. The van der Waals surface area contributed by atoms with Crippen LogP contribution in [-0.4, -0.2) is 89.6 Å². The van der Waals surface area contributed by atoms with Crippen molar-refractivity contribution in [2.24, 2.45) is 0 Å². The van der Waals surface area contributed by atoms with Crippen LogP contribution >= 0.6 is 0 Å². The number of aliphatic hydroxyl groups is 4. The van der Waals surface area contributed by atoms with E-state index in [0.717, 1.165) is 57.8 Å². The molecule has 0 radical (unpaired) electrons. The number of rotatable bonds is 54. The Kier molecular flexibility index (Phi) is 51.1. The van der Waals surface area contributed by atoms with Gasteiger partial charge in [-0.05, 0) is 51.4 Å². The number of hydrogen-bond donors (Lipinski definition) is 4. The lowest BCUT2D eigenvalue weighted by molar-refractivity contribution is -0.305. The van der Waals surface area contributed by atoms with E-state index in [2.05, 4.69) is 62.5 Å². The van der Waals surface area contributed by atoms with Crippen molar-refractivity contribution in [2.75, 3.05) is 26.4 Å². The number of carbonyl (C=O) groups excluding carboxylic acids is 1. The minimum absolute atomic E-state index is 0.111. The molecular formula is C63H116O9. The first-order chi connectivity index (χ1) is 35.4. The van der Waals surface area contributed by atoms with Crippen LogP contribution in [0.2, 0.25) is 0 Å². The Labute approximate surface area is 443 Å². The molecule has 6 atom stereocenters. The van der Waals surface area contributed by atoms with Crippen molar-refractivity contribution in [3.63, 3.8) is 0 Å². The van der Waals surface area contributed by atoms with E-state index in [4.69, 9.17) is 18.9 Å². The first-order valence-electron chi connectivity index (χ1n) is 30.7. The Balaban J connectivity index is 2.12. The van der Waals surface area contributed by atoms with Gasteiger partial charge in [0, 0.05) is 13.0 Å². The van der Waals surface area contributed by atoms with Crippen LogP contribution in [0.1, 0.15) is 284 Å². The summed E-state index contributed by atoms with van der Waals surface area (Å²) in [6.07, 6.45) is 63.1. The second-order valence-electron chi connectivity index (χ2n) is 21.1. The van der Waals surface area contributed by atoms with E-state index in [1.54, 1.807) is 0 Å². The van der Waals surface area contributed by atoms with Crippen LogP contribution in [0.3, 0.4) is 0 Å². The molecule has 1 saturated heterocycles. The van der Waals surface area contributed by atoms with Crippen LogP contribution in [0.15, 0.2) is 48.6 Å². The topological polar surface area (TPSA) is 135 Å². The number of aliphatic hydroxyl groups excluding tert-OH is 4. The lowest BCUT2D eigenvalue weighted by Gasteiger charge is -2.39. The van der Waals surface area contributed by atoms with E-state index in [-0.39, 0.29) is 19.2 Å². The molecule has 422 valence electrons. The lowest BCUT2D eigenvalue weighted by Crippen LogP contribution is -2.59. The fraction of sp³-hybridized carbons (Fsp3) is 0.857. The van der Waals surface area contributed by atoms with E-state index in [9.17, 15) is 25.2 Å². The van der Waals surface area contributed by atoms with Gasteiger partial charge in [0.2, 0.25) is 0 Å². The van der Waals surface area contributed by atoms with Crippen LogP contribution in [0.4, 0.5) is 0 Å².